The van der Waals surface area contributed by atoms with Crippen LogP contribution < -0.4 is 10.6 Å². The Morgan fingerprint density at radius 2 is 1.61 bits per heavy atom. The lowest BCUT2D eigenvalue weighted by atomic mass is 9.82. The summed E-state index contributed by atoms with van der Waals surface area (Å²) in [6.07, 6.45) is 6.18. The van der Waals surface area contributed by atoms with Gasteiger partial charge in [0.25, 0.3) is 0 Å². The van der Waals surface area contributed by atoms with Gasteiger partial charge < -0.3 is 10.6 Å². The lowest BCUT2D eigenvalue weighted by Crippen LogP contribution is -2.50. The second kappa shape index (κ2) is 7.98. The highest BCUT2D eigenvalue weighted by atomic mass is 32.1. The molecule has 0 aromatic heterocycles. The van der Waals surface area contributed by atoms with E-state index in [9.17, 15) is 0 Å². The Hall–Kier alpha value is -0.310. The smallest absolute Gasteiger partial charge is 0.166 e. The second-order valence-electron chi connectivity index (χ2n) is 7.06. The minimum atomic E-state index is 0.0474. The fraction of sp³-hybridized carbons (Fsp3) is 0.933. The van der Waals surface area contributed by atoms with Crippen molar-refractivity contribution in [1.82, 2.24) is 10.6 Å². The van der Waals surface area contributed by atoms with Gasteiger partial charge in [0, 0.05) is 12.1 Å². The van der Waals surface area contributed by atoms with Crippen molar-refractivity contribution in [3.63, 3.8) is 0 Å². The standard InChI is InChI=1S/C15H32N2S/c1-7-8-9-10-11-16-13(18)17-15(5,6)12-14(2,3)4/h7-12H2,1-6H3,(H2,16,17,18). The fourth-order valence-corrected chi connectivity index (χ4v) is 2.85. The number of thiocarbonyl (C=S) groups is 1. The van der Waals surface area contributed by atoms with Gasteiger partial charge in [-0.3, -0.25) is 0 Å². The summed E-state index contributed by atoms with van der Waals surface area (Å²) in [5.74, 6) is 0. The van der Waals surface area contributed by atoms with Crippen LogP contribution >= 0.6 is 12.2 Å². The summed E-state index contributed by atoms with van der Waals surface area (Å²) in [5.41, 5.74) is 0.360. The molecular weight excluding hydrogens is 240 g/mol. The molecule has 0 bridgehead atoms. The van der Waals surface area contributed by atoms with Gasteiger partial charge in [0.2, 0.25) is 0 Å². The zero-order valence-electron chi connectivity index (χ0n) is 13.2. The van der Waals surface area contributed by atoms with Crippen molar-refractivity contribution < 1.29 is 0 Å². The molecule has 0 fully saturated rings. The van der Waals surface area contributed by atoms with Crippen LogP contribution in [0.1, 0.15) is 73.6 Å². The average Bonchev–Trinajstić information content (AvgIpc) is 2.12. The molecule has 0 aromatic rings. The highest BCUT2D eigenvalue weighted by Gasteiger charge is 2.25. The van der Waals surface area contributed by atoms with Crippen LogP contribution in [0.15, 0.2) is 0 Å². The monoisotopic (exact) mass is 272 g/mol. The molecule has 2 N–H and O–H groups in total. The third-order valence-corrected chi connectivity index (χ3v) is 2.99. The van der Waals surface area contributed by atoms with E-state index in [0.29, 0.717) is 5.41 Å². The summed E-state index contributed by atoms with van der Waals surface area (Å²) in [6, 6.07) is 0. The van der Waals surface area contributed by atoms with Crippen molar-refractivity contribution in [2.75, 3.05) is 6.54 Å². The van der Waals surface area contributed by atoms with E-state index in [1.165, 1.54) is 25.7 Å². The Morgan fingerprint density at radius 3 is 2.11 bits per heavy atom. The fourth-order valence-electron chi connectivity index (χ4n) is 2.48. The zero-order valence-corrected chi connectivity index (χ0v) is 14.0. The number of hydrogen-bond donors (Lipinski definition) is 2. The van der Waals surface area contributed by atoms with Gasteiger partial charge in [0.1, 0.15) is 0 Å². The van der Waals surface area contributed by atoms with Crippen molar-refractivity contribution in [1.29, 1.82) is 0 Å². The first-order valence-electron chi connectivity index (χ1n) is 7.22. The number of nitrogens with one attached hydrogen (secondary N) is 2. The SMILES string of the molecule is CCCCCCNC(=S)NC(C)(C)CC(C)(C)C. The van der Waals surface area contributed by atoms with Gasteiger partial charge >= 0.3 is 0 Å². The molecule has 0 spiro atoms. The number of hydrogen-bond acceptors (Lipinski definition) is 1. The van der Waals surface area contributed by atoms with E-state index in [4.69, 9.17) is 12.2 Å². The molecular formula is C15H32N2S. The minimum Gasteiger partial charge on any atom is -0.363 e. The van der Waals surface area contributed by atoms with Crippen LogP contribution in [-0.2, 0) is 0 Å². The molecule has 0 saturated heterocycles. The molecule has 18 heavy (non-hydrogen) atoms. The van der Waals surface area contributed by atoms with Gasteiger partial charge in [-0.1, -0.05) is 47.0 Å². The second-order valence-corrected chi connectivity index (χ2v) is 7.47. The molecule has 0 saturated carbocycles. The summed E-state index contributed by atoms with van der Waals surface area (Å²) in [6.45, 7) is 14.4. The van der Waals surface area contributed by atoms with Crippen LogP contribution in [0.2, 0.25) is 0 Å². The maximum atomic E-state index is 5.35. The highest BCUT2D eigenvalue weighted by Crippen LogP contribution is 2.26. The summed E-state index contributed by atoms with van der Waals surface area (Å²) in [4.78, 5) is 0. The van der Waals surface area contributed by atoms with Crippen LogP contribution in [0.5, 0.6) is 0 Å². The molecule has 0 aliphatic heterocycles. The average molecular weight is 273 g/mol. The Bertz CT molecular complexity index is 241. The van der Waals surface area contributed by atoms with Crippen LogP contribution in [0, 0.1) is 5.41 Å². The van der Waals surface area contributed by atoms with Crippen molar-refractivity contribution in [2.24, 2.45) is 5.41 Å². The van der Waals surface area contributed by atoms with Gasteiger partial charge in [-0.25, -0.2) is 0 Å². The van der Waals surface area contributed by atoms with E-state index in [2.05, 4.69) is 52.2 Å². The Balaban J connectivity index is 3.85. The quantitative estimate of drug-likeness (QED) is 0.535. The van der Waals surface area contributed by atoms with E-state index in [1.807, 2.05) is 0 Å². The lowest BCUT2D eigenvalue weighted by Gasteiger charge is -2.34. The molecule has 0 aliphatic carbocycles. The maximum absolute atomic E-state index is 5.35. The molecule has 0 rings (SSSR count). The first-order valence-corrected chi connectivity index (χ1v) is 7.63. The molecule has 0 unspecified atom stereocenters. The third-order valence-electron chi connectivity index (χ3n) is 2.74. The van der Waals surface area contributed by atoms with Crippen LogP contribution in [0.4, 0.5) is 0 Å². The summed E-state index contributed by atoms with van der Waals surface area (Å²) < 4.78 is 0. The van der Waals surface area contributed by atoms with E-state index in [1.54, 1.807) is 0 Å². The maximum Gasteiger partial charge on any atom is 0.166 e. The topological polar surface area (TPSA) is 24.1 Å². The summed E-state index contributed by atoms with van der Waals surface area (Å²) in [5, 5.41) is 7.52. The molecule has 3 heteroatoms. The largest absolute Gasteiger partial charge is 0.363 e. The van der Waals surface area contributed by atoms with Gasteiger partial charge in [-0.15, -0.1) is 0 Å². The Kier molecular flexibility index (Phi) is 7.84. The van der Waals surface area contributed by atoms with Crippen molar-refractivity contribution in [3.8, 4) is 0 Å². The summed E-state index contributed by atoms with van der Waals surface area (Å²) in [7, 11) is 0. The molecule has 0 heterocycles. The van der Waals surface area contributed by atoms with Crippen LogP contribution in [0.25, 0.3) is 0 Å². The highest BCUT2D eigenvalue weighted by molar-refractivity contribution is 7.80. The molecule has 0 amide bonds. The number of rotatable bonds is 7. The van der Waals surface area contributed by atoms with Crippen molar-refractivity contribution in [3.05, 3.63) is 0 Å². The van der Waals surface area contributed by atoms with Gasteiger partial charge in [-0.2, -0.15) is 0 Å². The predicted molar refractivity (Wildman–Crippen MR) is 86.0 cm³/mol. The van der Waals surface area contributed by atoms with Gasteiger partial charge in [0.15, 0.2) is 5.11 Å². The van der Waals surface area contributed by atoms with Gasteiger partial charge in [0.05, 0.1) is 0 Å². The van der Waals surface area contributed by atoms with E-state index >= 15 is 0 Å². The van der Waals surface area contributed by atoms with E-state index in [0.717, 1.165) is 18.1 Å². The molecule has 2 nitrogen and oxygen atoms in total. The molecule has 0 atom stereocenters. The van der Waals surface area contributed by atoms with Crippen molar-refractivity contribution >= 4 is 17.3 Å². The van der Waals surface area contributed by atoms with Crippen LogP contribution in [-0.4, -0.2) is 17.2 Å². The molecule has 0 radical (unpaired) electrons. The normalized spacial score (nSPS) is 12.3. The molecule has 0 aromatic carbocycles. The molecule has 0 aliphatic rings. The van der Waals surface area contributed by atoms with Crippen LogP contribution in [0.3, 0.4) is 0 Å². The first-order chi connectivity index (χ1) is 8.16. The van der Waals surface area contributed by atoms with E-state index < -0.39 is 0 Å². The lowest BCUT2D eigenvalue weighted by molar-refractivity contribution is 0.266. The minimum absolute atomic E-state index is 0.0474. The molecule has 108 valence electrons. The van der Waals surface area contributed by atoms with Gasteiger partial charge in [-0.05, 0) is 44.3 Å². The zero-order chi connectivity index (χ0) is 14.2. The van der Waals surface area contributed by atoms with E-state index in [-0.39, 0.29) is 5.54 Å². The number of unbranched alkanes of at least 4 members (excludes halogenated alkanes) is 3. The Morgan fingerprint density at radius 1 is 1.00 bits per heavy atom. The first kappa shape index (κ1) is 17.7. The third kappa shape index (κ3) is 10.8. The summed E-state index contributed by atoms with van der Waals surface area (Å²) >= 11 is 5.35. The predicted octanol–water partition coefficient (Wildman–Crippen LogP) is 4.25. The Labute approximate surface area is 119 Å². The van der Waals surface area contributed by atoms with Crippen molar-refractivity contribution in [2.45, 2.75) is 79.2 Å².